The highest BCUT2D eigenvalue weighted by Gasteiger charge is 2.30. The third kappa shape index (κ3) is 4.52. The lowest BCUT2D eigenvalue weighted by Gasteiger charge is -2.42. The zero-order valence-electron chi connectivity index (χ0n) is 11.3. The monoisotopic (exact) mass is 213 g/mol. The lowest BCUT2D eigenvalue weighted by molar-refractivity contribution is -0.0713. The van der Waals surface area contributed by atoms with Crippen LogP contribution in [0.25, 0.3) is 0 Å². The van der Waals surface area contributed by atoms with Crippen molar-refractivity contribution in [1.29, 1.82) is 0 Å². The molecule has 1 heterocycles. The van der Waals surface area contributed by atoms with Crippen LogP contribution in [0.15, 0.2) is 0 Å². The van der Waals surface area contributed by atoms with Gasteiger partial charge in [-0.05, 0) is 32.6 Å². The number of hydrogen-bond donors (Lipinski definition) is 0. The summed E-state index contributed by atoms with van der Waals surface area (Å²) in [6, 6.07) is 0. The molecule has 15 heavy (non-hydrogen) atoms. The van der Waals surface area contributed by atoms with Crippen molar-refractivity contribution >= 4 is 0 Å². The fraction of sp³-hybridized carbons (Fsp3) is 1.00. The number of rotatable bonds is 1. The van der Waals surface area contributed by atoms with Crippen molar-refractivity contribution in [2.75, 3.05) is 19.7 Å². The van der Waals surface area contributed by atoms with Crippen molar-refractivity contribution in [2.45, 2.75) is 59.6 Å². The molecule has 0 aromatic heterocycles. The fourth-order valence-corrected chi connectivity index (χ4v) is 2.14. The van der Waals surface area contributed by atoms with Crippen LogP contribution in [0.1, 0.15) is 48.0 Å². The molecule has 0 amide bonds. The molecule has 1 saturated heterocycles. The molecular formula is C13H27NO. The van der Waals surface area contributed by atoms with Crippen LogP contribution in [0.2, 0.25) is 0 Å². The summed E-state index contributed by atoms with van der Waals surface area (Å²) in [4.78, 5) is 2.53. The summed E-state index contributed by atoms with van der Waals surface area (Å²) >= 11 is 0. The number of ether oxygens (including phenoxy) is 1. The topological polar surface area (TPSA) is 12.5 Å². The maximum Gasteiger partial charge on any atom is 0.0707 e. The molecule has 1 unspecified atom stereocenters. The molecule has 90 valence electrons. The van der Waals surface area contributed by atoms with Gasteiger partial charge in [0.2, 0.25) is 0 Å². The summed E-state index contributed by atoms with van der Waals surface area (Å²) < 4.78 is 5.84. The molecule has 0 saturated carbocycles. The van der Waals surface area contributed by atoms with Crippen molar-refractivity contribution in [1.82, 2.24) is 4.90 Å². The highest BCUT2D eigenvalue weighted by atomic mass is 16.5. The molecule has 1 aliphatic heterocycles. The predicted molar refractivity (Wildman–Crippen MR) is 65.1 cm³/mol. The van der Waals surface area contributed by atoms with Crippen LogP contribution in [0.3, 0.4) is 0 Å². The molecule has 0 aromatic rings. The summed E-state index contributed by atoms with van der Waals surface area (Å²) in [6.07, 6.45) is 1.57. The van der Waals surface area contributed by atoms with E-state index in [4.69, 9.17) is 4.74 Å². The lowest BCUT2D eigenvalue weighted by Crippen LogP contribution is -2.52. The Balaban J connectivity index is 2.50. The van der Waals surface area contributed by atoms with E-state index >= 15 is 0 Å². The molecule has 2 nitrogen and oxygen atoms in total. The summed E-state index contributed by atoms with van der Waals surface area (Å²) in [6.45, 7) is 16.7. The Morgan fingerprint density at radius 2 is 1.73 bits per heavy atom. The van der Waals surface area contributed by atoms with Gasteiger partial charge in [-0.25, -0.2) is 0 Å². The van der Waals surface area contributed by atoms with Gasteiger partial charge in [0.05, 0.1) is 12.7 Å². The van der Waals surface area contributed by atoms with Gasteiger partial charge in [0.25, 0.3) is 0 Å². The molecule has 0 bridgehead atoms. The van der Waals surface area contributed by atoms with E-state index in [-0.39, 0.29) is 5.54 Å². The molecule has 0 aromatic carbocycles. The molecule has 1 rings (SSSR count). The number of morpholine rings is 1. The van der Waals surface area contributed by atoms with Crippen molar-refractivity contribution in [3.05, 3.63) is 0 Å². The zero-order chi connectivity index (χ0) is 11.7. The van der Waals surface area contributed by atoms with E-state index in [1.54, 1.807) is 0 Å². The smallest absolute Gasteiger partial charge is 0.0707 e. The molecule has 2 heteroatoms. The van der Waals surface area contributed by atoms with Gasteiger partial charge in [0.15, 0.2) is 0 Å². The maximum absolute atomic E-state index is 5.84. The van der Waals surface area contributed by atoms with E-state index in [9.17, 15) is 0 Å². The van der Waals surface area contributed by atoms with Crippen LogP contribution in [0, 0.1) is 5.41 Å². The minimum Gasteiger partial charge on any atom is -0.376 e. The predicted octanol–water partition coefficient (Wildman–Crippen LogP) is 2.92. The Bertz CT molecular complexity index is 200. The van der Waals surface area contributed by atoms with Crippen LogP contribution >= 0.6 is 0 Å². The van der Waals surface area contributed by atoms with Crippen LogP contribution in [-0.2, 0) is 4.74 Å². The first-order valence-corrected chi connectivity index (χ1v) is 6.05. The van der Waals surface area contributed by atoms with Crippen LogP contribution < -0.4 is 0 Å². The van der Waals surface area contributed by atoms with Gasteiger partial charge in [-0.15, -0.1) is 0 Å². The lowest BCUT2D eigenvalue weighted by atomic mass is 9.88. The minimum absolute atomic E-state index is 0.278. The Morgan fingerprint density at radius 3 is 2.20 bits per heavy atom. The first-order valence-electron chi connectivity index (χ1n) is 6.05. The average Bonchev–Trinajstić information content (AvgIpc) is 1.99. The van der Waals surface area contributed by atoms with Gasteiger partial charge in [0.1, 0.15) is 0 Å². The van der Waals surface area contributed by atoms with E-state index in [2.05, 4.69) is 46.4 Å². The molecule has 0 aliphatic carbocycles. The van der Waals surface area contributed by atoms with Gasteiger partial charge in [-0.2, -0.15) is 0 Å². The van der Waals surface area contributed by atoms with Crippen molar-refractivity contribution in [2.24, 2.45) is 5.41 Å². The Kier molecular flexibility index (Phi) is 3.83. The second-order valence-electron chi connectivity index (χ2n) is 6.87. The summed E-state index contributed by atoms with van der Waals surface area (Å²) in [7, 11) is 0. The molecular weight excluding hydrogens is 186 g/mol. The molecule has 1 atom stereocenters. The van der Waals surface area contributed by atoms with E-state index in [1.807, 2.05) is 0 Å². The number of hydrogen-bond acceptors (Lipinski definition) is 2. The molecule has 0 radical (unpaired) electrons. The van der Waals surface area contributed by atoms with Gasteiger partial charge in [-0.3, -0.25) is 4.90 Å². The standard InChI is InChI=1S/C13H27NO/c1-12(2,3)9-11-10-14(7-8-15-11)13(4,5)6/h11H,7-10H2,1-6H3. The quantitative estimate of drug-likeness (QED) is 0.664. The Hall–Kier alpha value is -0.0800. The average molecular weight is 213 g/mol. The van der Waals surface area contributed by atoms with Crippen LogP contribution in [0.5, 0.6) is 0 Å². The normalized spacial score (nSPS) is 25.6. The Morgan fingerprint density at radius 1 is 1.13 bits per heavy atom. The SMILES string of the molecule is CC(C)(C)CC1CN(C(C)(C)C)CCO1. The molecule has 1 fully saturated rings. The first kappa shape index (κ1) is 13.0. The van der Waals surface area contributed by atoms with Crippen molar-refractivity contribution in [3.63, 3.8) is 0 Å². The number of nitrogens with zero attached hydrogens (tertiary/aromatic N) is 1. The van der Waals surface area contributed by atoms with E-state index in [0.717, 1.165) is 26.1 Å². The molecule has 1 aliphatic rings. The van der Waals surface area contributed by atoms with E-state index in [0.29, 0.717) is 11.5 Å². The van der Waals surface area contributed by atoms with Crippen molar-refractivity contribution < 1.29 is 4.74 Å². The third-order valence-corrected chi connectivity index (χ3v) is 2.93. The third-order valence-electron chi connectivity index (χ3n) is 2.93. The van der Waals surface area contributed by atoms with Gasteiger partial charge < -0.3 is 4.74 Å². The van der Waals surface area contributed by atoms with Crippen molar-refractivity contribution in [3.8, 4) is 0 Å². The largest absolute Gasteiger partial charge is 0.376 e. The first-order chi connectivity index (χ1) is 6.68. The molecule has 0 spiro atoms. The minimum atomic E-state index is 0.278. The Labute approximate surface area is 95.0 Å². The highest BCUT2D eigenvalue weighted by Crippen LogP contribution is 2.26. The summed E-state index contributed by atoms with van der Waals surface area (Å²) in [5, 5.41) is 0. The zero-order valence-corrected chi connectivity index (χ0v) is 11.3. The maximum atomic E-state index is 5.84. The summed E-state index contributed by atoms with van der Waals surface area (Å²) in [5.41, 5.74) is 0.644. The van der Waals surface area contributed by atoms with Gasteiger partial charge >= 0.3 is 0 Å². The second kappa shape index (κ2) is 4.42. The highest BCUT2D eigenvalue weighted by molar-refractivity contribution is 4.83. The second-order valence-corrected chi connectivity index (χ2v) is 6.87. The molecule has 0 N–H and O–H groups in total. The van der Waals surface area contributed by atoms with Gasteiger partial charge in [-0.1, -0.05) is 20.8 Å². The van der Waals surface area contributed by atoms with Crippen LogP contribution in [-0.4, -0.2) is 36.2 Å². The van der Waals surface area contributed by atoms with Gasteiger partial charge in [0, 0.05) is 18.6 Å². The van der Waals surface area contributed by atoms with E-state index < -0.39 is 0 Å². The van der Waals surface area contributed by atoms with E-state index in [1.165, 1.54) is 0 Å². The van der Waals surface area contributed by atoms with Crippen LogP contribution in [0.4, 0.5) is 0 Å². The summed E-state index contributed by atoms with van der Waals surface area (Å²) in [5.74, 6) is 0. The fourth-order valence-electron chi connectivity index (χ4n) is 2.14.